The molecule has 2 heterocycles. The Morgan fingerprint density at radius 2 is 0.691 bits per heavy atom. The highest BCUT2D eigenvalue weighted by atomic mass is 32.1. The maximum atomic E-state index is 5.24. The summed E-state index contributed by atoms with van der Waals surface area (Å²) in [4.78, 5) is 15.5. The Bertz CT molecular complexity index is 3220. The van der Waals surface area contributed by atoms with Crippen molar-refractivity contribution in [3.8, 4) is 56.4 Å². The lowest BCUT2D eigenvalue weighted by Crippen LogP contribution is -2.01. The van der Waals surface area contributed by atoms with E-state index < -0.39 is 0 Å². The van der Waals surface area contributed by atoms with Gasteiger partial charge in [0.15, 0.2) is 17.5 Å². The lowest BCUT2D eigenvalue weighted by Gasteiger charge is -2.14. The average molecular weight is 718 g/mol. The van der Waals surface area contributed by atoms with Gasteiger partial charge in [0.05, 0.1) is 0 Å². The molecule has 55 heavy (non-hydrogen) atoms. The van der Waals surface area contributed by atoms with Gasteiger partial charge in [0, 0.05) is 36.9 Å². The molecule has 0 fully saturated rings. The highest BCUT2D eigenvalue weighted by Crippen LogP contribution is 2.41. The van der Waals surface area contributed by atoms with Gasteiger partial charge in [-0.25, -0.2) is 15.0 Å². The highest BCUT2D eigenvalue weighted by molar-refractivity contribution is 7.25. The quantitative estimate of drug-likeness (QED) is 0.166. The zero-order chi connectivity index (χ0) is 36.3. The fraction of sp³-hybridized carbons (Fsp3) is 0. The Kier molecular flexibility index (Phi) is 7.35. The van der Waals surface area contributed by atoms with E-state index >= 15 is 0 Å². The van der Waals surface area contributed by atoms with Crippen molar-refractivity contribution in [2.45, 2.75) is 0 Å². The second kappa shape index (κ2) is 12.8. The van der Waals surface area contributed by atoms with Crippen LogP contribution in [0.2, 0.25) is 0 Å². The molecule has 4 heteroatoms. The van der Waals surface area contributed by atoms with Gasteiger partial charge in [0.1, 0.15) is 0 Å². The van der Waals surface area contributed by atoms with Crippen LogP contribution in [0.1, 0.15) is 0 Å². The Labute approximate surface area is 321 Å². The van der Waals surface area contributed by atoms with Crippen molar-refractivity contribution in [2.75, 3.05) is 0 Å². The van der Waals surface area contributed by atoms with Gasteiger partial charge in [0.2, 0.25) is 0 Å². The predicted octanol–water partition coefficient (Wildman–Crippen LogP) is 14.0. The number of hydrogen-bond acceptors (Lipinski definition) is 4. The van der Waals surface area contributed by atoms with E-state index in [1.807, 2.05) is 29.5 Å². The molecule has 11 rings (SSSR count). The van der Waals surface area contributed by atoms with Gasteiger partial charge < -0.3 is 0 Å². The number of thiophene rings is 1. The van der Waals surface area contributed by atoms with Crippen molar-refractivity contribution >= 4 is 63.8 Å². The first-order valence-corrected chi connectivity index (χ1v) is 19.3. The number of nitrogens with zero attached hydrogens (tertiary/aromatic N) is 3. The zero-order valence-corrected chi connectivity index (χ0v) is 30.5. The molecule has 0 aliphatic carbocycles. The molecule has 3 nitrogen and oxygen atoms in total. The molecule has 0 atom stereocenters. The monoisotopic (exact) mass is 717 g/mol. The van der Waals surface area contributed by atoms with E-state index in [9.17, 15) is 0 Å². The SMILES string of the molecule is c1ccc(-c2ccc3c(c2)sc2cc(-c4nc(-c5ccccc5)nc(-c5ccccc5-c5ccc6c7ccccc7c7ccccc7c6c5)n4)ccc23)cc1. The van der Waals surface area contributed by atoms with Gasteiger partial charge >= 0.3 is 0 Å². The predicted molar refractivity (Wildman–Crippen MR) is 232 cm³/mol. The fourth-order valence-electron chi connectivity index (χ4n) is 8.07. The summed E-state index contributed by atoms with van der Waals surface area (Å²) in [6, 6.07) is 66.9. The Morgan fingerprint density at radius 1 is 0.255 bits per heavy atom. The summed E-state index contributed by atoms with van der Waals surface area (Å²) in [5.41, 5.74) is 7.51. The molecule has 0 aliphatic rings. The molecule has 0 amide bonds. The van der Waals surface area contributed by atoms with Crippen LogP contribution in [-0.2, 0) is 0 Å². The molecule has 2 aromatic heterocycles. The summed E-state index contributed by atoms with van der Waals surface area (Å²) in [7, 11) is 0. The number of benzene rings is 9. The third-order valence-corrected chi connectivity index (χ3v) is 11.8. The minimum absolute atomic E-state index is 0.645. The molecular weight excluding hydrogens is 687 g/mol. The number of hydrogen-bond donors (Lipinski definition) is 0. The molecule has 0 radical (unpaired) electrons. The van der Waals surface area contributed by atoms with Gasteiger partial charge in [-0.05, 0) is 72.8 Å². The van der Waals surface area contributed by atoms with Crippen LogP contribution in [-0.4, -0.2) is 15.0 Å². The van der Waals surface area contributed by atoms with E-state index in [1.165, 1.54) is 63.6 Å². The zero-order valence-electron chi connectivity index (χ0n) is 29.6. The second-order valence-electron chi connectivity index (χ2n) is 14.0. The third kappa shape index (κ3) is 5.38. The minimum atomic E-state index is 0.645. The Balaban J connectivity index is 1.07. The van der Waals surface area contributed by atoms with Crippen LogP contribution in [0.3, 0.4) is 0 Å². The molecule has 0 aliphatic heterocycles. The Morgan fingerprint density at radius 3 is 1.35 bits per heavy atom. The molecule has 0 N–H and O–H groups in total. The van der Waals surface area contributed by atoms with Crippen molar-refractivity contribution in [3.63, 3.8) is 0 Å². The van der Waals surface area contributed by atoms with Crippen LogP contribution in [0.4, 0.5) is 0 Å². The molecule has 0 unspecified atom stereocenters. The van der Waals surface area contributed by atoms with Crippen molar-refractivity contribution in [2.24, 2.45) is 0 Å². The maximum Gasteiger partial charge on any atom is 0.164 e. The van der Waals surface area contributed by atoms with E-state index in [1.54, 1.807) is 0 Å². The Hall–Kier alpha value is -7.01. The van der Waals surface area contributed by atoms with Gasteiger partial charge in [0.25, 0.3) is 0 Å². The first-order chi connectivity index (χ1) is 27.2. The van der Waals surface area contributed by atoms with Gasteiger partial charge in [-0.2, -0.15) is 0 Å². The van der Waals surface area contributed by atoms with E-state index in [0.29, 0.717) is 17.5 Å². The number of aromatic nitrogens is 3. The molecular formula is C51H31N3S. The molecule has 0 saturated carbocycles. The van der Waals surface area contributed by atoms with Crippen LogP contribution < -0.4 is 0 Å². The maximum absolute atomic E-state index is 5.24. The van der Waals surface area contributed by atoms with Crippen molar-refractivity contribution < 1.29 is 0 Å². The molecule has 11 aromatic rings. The van der Waals surface area contributed by atoms with Gasteiger partial charge in [-0.1, -0.05) is 170 Å². The van der Waals surface area contributed by atoms with Crippen molar-refractivity contribution in [3.05, 3.63) is 188 Å². The average Bonchev–Trinajstić information content (AvgIpc) is 3.64. The fourth-order valence-corrected chi connectivity index (χ4v) is 9.26. The van der Waals surface area contributed by atoms with Crippen LogP contribution in [0.5, 0.6) is 0 Å². The van der Waals surface area contributed by atoms with E-state index in [4.69, 9.17) is 15.0 Å². The van der Waals surface area contributed by atoms with Crippen molar-refractivity contribution in [1.82, 2.24) is 15.0 Å². The van der Waals surface area contributed by atoms with Crippen LogP contribution >= 0.6 is 11.3 Å². The first kappa shape index (κ1) is 31.5. The standard InChI is InChI=1S/C51H31N3S/c1-3-13-32(14-4-1)34-23-27-43-44-28-25-36(31-48(44)55-47(43)30-34)50-52-49(33-15-5-2-6-16-33)53-51(54-50)45-22-12-7-17-37(45)35-24-26-42-40-20-9-8-18-38(40)39-19-10-11-21-41(39)46(42)29-35/h1-31H. The smallest absolute Gasteiger partial charge is 0.164 e. The summed E-state index contributed by atoms with van der Waals surface area (Å²) < 4.78 is 2.47. The van der Waals surface area contributed by atoms with E-state index in [-0.39, 0.29) is 0 Å². The second-order valence-corrected chi connectivity index (χ2v) is 15.0. The highest BCUT2D eigenvalue weighted by Gasteiger charge is 2.18. The largest absolute Gasteiger partial charge is 0.208 e. The summed E-state index contributed by atoms with van der Waals surface area (Å²) in [6.07, 6.45) is 0. The lowest BCUT2D eigenvalue weighted by molar-refractivity contribution is 1.07. The summed E-state index contributed by atoms with van der Waals surface area (Å²) >= 11 is 1.81. The first-order valence-electron chi connectivity index (χ1n) is 18.5. The van der Waals surface area contributed by atoms with Crippen LogP contribution in [0, 0.1) is 0 Å². The summed E-state index contributed by atoms with van der Waals surface area (Å²) in [6.45, 7) is 0. The molecule has 9 aromatic carbocycles. The number of fused-ring (bicyclic) bond motifs is 9. The summed E-state index contributed by atoms with van der Waals surface area (Å²) in [5.74, 6) is 1.95. The van der Waals surface area contributed by atoms with Gasteiger partial charge in [-0.15, -0.1) is 11.3 Å². The van der Waals surface area contributed by atoms with Crippen molar-refractivity contribution in [1.29, 1.82) is 0 Å². The lowest BCUT2D eigenvalue weighted by atomic mass is 9.91. The van der Waals surface area contributed by atoms with E-state index in [0.717, 1.165) is 27.8 Å². The molecule has 0 saturated heterocycles. The van der Waals surface area contributed by atoms with Crippen LogP contribution in [0.15, 0.2) is 188 Å². The van der Waals surface area contributed by atoms with Crippen LogP contribution in [0.25, 0.3) is 109 Å². The third-order valence-electron chi connectivity index (χ3n) is 10.7. The summed E-state index contributed by atoms with van der Waals surface area (Å²) in [5, 5.41) is 10.0. The topological polar surface area (TPSA) is 38.7 Å². The minimum Gasteiger partial charge on any atom is -0.208 e. The molecule has 256 valence electrons. The molecule has 0 spiro atoms. The van der Waals surface area contributed by atoms with Gasteiger partial charge in [-0.3, -0.25) is 0 Å². The number of rotatable bonds is 5. The normalized spacial score (nSPS) is 11.6. The van der Waals surface area contributed by atoms with E-state index in [2.05, 4.69) is 170 Å². The molecule has 0 bridgehead atoms.